The summed E-state index contributed by atoms with van der Waals surface area (Å²) in [5.41, 5.74) is 2.54. The van der Waals surface area contributed by atoms with E-state index in [1.807, 2.05) is 42.5 Å². The summed E-state index contributed by atoms with van der Waals surface area (Å²) in [5.74, 6) is 1.36. The molecule has 0 bridgehead atoms. The van der Waals surface area contributed by atoms with Gasteiger partial charge in [-0.2, -0.15) is 0 Å². The molecule has 0 radical (unpaired) electrons. The molecule has 1 amide bonds. The minimum Gasteiger partial charge on any atom is -0.420 e. The van der Waals surface area contributed by atoms with E-state index in [0.29, 0.717) is 28.4 Å². The van der Waals surface area contributed by atoms with Crippen LogP contribution in [0.5, 0.6) is 0 Å². The monoisotopic (exact) mass is 480 g/mol. The molecule has 0 spiro atoms. The highest BCUT2D eigenvalue weighted by atomic mass is 35.5. The number of carbonyl (C=O) groups excluding carboxylic acids is 1. The first-order valence-corrected chi connectivity index (χ1v) is 11.7. The Hall–Kier alpha value is -2.96. The zero-order chi connectivity index (χ0) is 22.8. The first kappa shape index (κ1) is 21.9. The molecule has 2 aromatic heterocycles. The Morgan fingerprint density at radius 2 is 1.70 bits per heavy atom. The Kier molecular flexibility index (Phi) is 6.29. The molecule has 2 aromatic carbocycles. The van der Waals surface area contributed by atoms with Crippen molar-refractivity contribution in [3.63, 3.8) is 0 Å². The smallest absolute Gasteiger partial charge is 0.247 e. The van der Waals surface area contributed by atoms with E-state index >= 15 is 0 Å². The largest absolute Gasteiger partial charge is 0.420 e. The second-order valence-electron chi connectivity index (χ2n) is 8.36. The number of benzene rings is 2. The second-order valence-corrected chi connectivity index (χ2v) is 9.23. The van der Waals surface area contributed by atoms with Crippen molar-refractivity contribution in [3.8, 4) is 11.5 Å². The molecule has 33 heavy (non-hydrogen) atoms. The summed E-state index contributed by atoms with van der Waals surface area (Å²) in [7, 11) is 0. The van der Waals surface area contributed by atoms with Crippen molar-refractivity contribution in [2.45, 2.75) is 38.1 Å². The van der Waals surface area contributed by atoms with Crippen molar-refractivity contribution in [1.29, 1.82) is 0 Å². The quantitative estimate of drug-likeness (QED) is 0.368. The van der Waals surface area contributed by atoms with Crippen molar-refractivity contribution in [3.05, 3.63) is 76.2 Å². The van der Waals surface area contributed by atoms with Crippen LogP contribution in [0.25, 0.3) is 22.4 Å². The van der Waals surface area contributed by atoms with E-state index in [-0.39, 0.29) is 17.7 Å². The Bertz CT molecular complexity index is 1280. The number of amides is 1. The first-order chi connectivity index (χ1) is 16.0. The number of carbonyl (C=O) groups is 1. The molecule has 0 saturated heterocycles. The summed E-state index contributed by atoms with van der Waals surface area (Å²) in [6, 6.07) is 16.8. The van der Waals surface area contributed by atoms with Crippen LogP contribution in [0.3, 0.4) is 0 Å². The molecular formula is C25H22Cl2N4O2. The maximum Gasteiger partial charge on any atom is 0.247 e. The fourth-order valence-electron chi connectivity index (χ4n) is 4.27. The lowest BCUT2D eigenvalue weighted by atomic mass is 9.81. The number of halogens is 2. The van der Waals surface area contributed by atoms with Gasteiger partial charge in [-0.05, 0) is 74.2 Å². The average molecular weight is 481 g/mol. The van der Waals surface area contributed by atoms with Gasteiger partial charge in [-0.15, -0.1) is 10.2 Å². The Labute approximate surface area is 201 Å². The number of fused-ring (bicyclic) bond motifs is 1. The second kappa shape index (κ2) is 9.49. The van der Waals surface area contributed by atoms with Crippen LogP contribution < -0.4 is 5.32 Å². The van der Waals surface area contributed by atoms with Crippen LogP contribution in [-0.2, 0) is 11.3 Å². The summed E-state index contributed by atoms with van der Waals surface area (Å²) < 4.78 is 5.91. The normalized spacial score (nSPS) is 18.4. The van der Waals surface area contributed by atoms with Gasteiger partial charge in [0.2, 0.25) is 17.7 Å². The number of aromatic nitrogens is 3. The van der Waals surface area contributed by atoms with Gasteiger partial charge in [0, 0.05) is 32.8 Å². The number of nitrogens with one attached hydrogen (secondary N) is 1. The maximum atomic E-state index is 12.7. The number of pyridine rings is 1. The van der Waals surface area contributed by atoms with E-state index in [4.69, 9.17) is 27.6 Å². The molecule has 5 rings (SSSR count). The third-order valence-electron chi connectivity index (χ3n) is 6.13. The summed E-state index contributed by atoms with van der Waals surface area (Å²) >= 11 is 12.0. The third kappa shape index (κ3) is 5.02. The topological polar surface area (TPSA) is 80.9 Å². The molecular weight excluding hydrogens is 459 g/mol. The van der Waals surface area contributed by atoms with E-state index in [1.165, 1.54) is 0 Å². The number of hydrogen-bond donors (Lipinski definition) is 1. The van der Waals surface area contributed by atoms with Crippen LogP contribution in [-0.4, -0.2) is 21.1 Å². The zero-order valence-electron chi connectivity index (χ0n) is 17.8. The highest BCUT2D eigenvalue weighted by molar-refractivity contribution is 6.31. The SMILES string of the molecule is O=C(NCc1ccc2cc(Cl)ccc2n1)C1CCC(c2nnc(-c3ccc(Cl)cc3)o2)CC1. The predicted octanol–water partition coefficient (Wildman–Crippen LogP) is 6.18. The predicted molar refractivity (Wildman–Crippen MR) is 128 cm³/mol. The Morgan fingerprint density at radius 3 is 2.48 bits per heavy atom. The van der Waals surface area contributed by atoms with Gasteiger partial charge in [-0.25, -0.2) is 0 Å². The molecule has 0 aliphatic heterocycles. The highest BCUT2D eigenvalue weighted by Crippen LogP contribution is 2.36. The maximum absolute atomic E-state index is 12.7. The molecule has 4 aromatic rings. The Morgan fingerprint density at radius 1 is 0.939 bits per heavy atom. The number of hydrogen-bond acceptors (Lipinski definition) is 5. The molecule has 1 N–H and O–H groups in total. The lowest BCUT2D eigenvalue weighted by Gasteiger charge is -2.25. The van der Waals surface area contributed by atoms with Gasteiger partial charge in [0.1, 0.15) is 0 Å². The van der Waals surface area contributed by atoms with Crippen LogP contribution in [0.15, 0.2) is 59.0 Å². The van der Waals surface area contributed by atoms with Crippen LogP contribution in [0.2, 0.25) is 10.0 Å². The number of nitrogens with zero attached hydrogens (tertiary/aromatic N) is 3. The fourth-order valence-corrected chi connectivity index (χ4v) is 4.58. The van der Waals surface area contributed by atoms with Gasteiger partial charge in [0.15, 0.2) is 0 Å². The van der Waals surface area contributed by atoms with E-state index in [1.54, 1.807) is 12.1 Å². The van der Waals surface area contributed by atoms with Gasteiger partial charge >= 0.3 is 0 Å². The van der Waals surface area contributed by atoms with Crippen molar-refractivity contribution < 1.29 is 9.21 Å². The minimum absolute atomic E-state index is 0.0147. The van der Waals surface area contributed by atoms with Crippen LogP contribution in [0.4, 0.5) is 0 Å². The molecule has 1 saturated carbocycles. The minimum atomic E-state index is -0.0147. The molecule has 1 fully saturated rings. The van der Waals surface area contributed by atoms with Crippen LogP contribution in [0, 0.1) is 5.92 Å². The van der Waals surface area contributed by atoms with E-state index in [9.17, 15) is 4.79 Å². The summed E-state index contributed by atoms with van der Waals surface area (Å²) in [6.45, 7) is 0.408. The summed E-state index contributed by atoms with van der Waals surface area (Å²) in [5, 5.41) is 13.8. The summed E-state index contributed by atoms with van der Waals surface area (Å²) in [4.78, 5) is 17.3. The average Bonchev–Trinajstić information content (AvgIpc) is 3.33. The molecule has 2 heterocycles. The summed E-state index contributed by atoms with van der Waals surface area (Å²) in [6.07, 6.45) is 3.27. The molecule has 1 aliphatic rings. The molecule has 1 aliphatic carbocycles. The number of rotatable bonds is 5. The van der Waals surface area contributed by atoms with E-state index in [2.05, 4.69) is 20.5 Å². The van der Waals surface area contributed by atoms with Crippen LogP contribution in [0.1, 0.15) is 43.2 Å². The van der Waals surface area contributed by atoms with Gasteiger partial charge in [0.25, 0.3) is 0 Å². The van der Waals surface area contributed by atoms with Gasteiger partial charge in [-0.1, -0.05) is 29.3 Å². The molecule has 168 valence electrons. The first-order valence-electron chi connectivity index (χ1n) is 11.0. The lowest BCUT2D eigenvalue weighted by molar-refractivity contribution is -0.126. The third-order valence-corrected chi connectivity index (χ3v) is 6.62. The van der Waals surface area contributed by atoms with Crippen molar-refractivity contribution in [1.82, 2.24) is 20.5 Å². The van der Waals surface area contributed by atoms with E-state index in [0.717, 1.165) is 47.8 Å². The van der Waals surface area contributed by atoms with Gasteiger partial charge < -0.3 is 9.73 Å². The van der Waals surface area contributed by atoms with Crippen molar-refractivity contribution in [2.75, 3.05) is 0 Å². The lowest BCUT2D eigenvalue weighted by Crippen LogP contribution is -2.32. The highest BCUT2D eigenvalue weighted by Gasteiger charge is 2.30. The zero-order valence-corrected chi connectivity index (χ0v) is 19.3. The van der Waals surface area contributed by atoms with Crippen LogP contribution >= 0.6 is 23.2 Å². The van der Waals surface area contributed by atoms with Crippen molar-refractivity contribution >= 4 is 40.0 Å². The molecule has 6 nitrogen and oxygen atoms in total. The molecule has 0 atom stereocenters. The van der Waals surface area contributed by atoms with Crippen molar-refractivity contribution in [2.24, 2.45) is 5.92 Å². The van der Waals surface area contributed by atoms with Gasteiger partial charge in [-0.3, -0.25) is 9.78 Å². The fraction of sp³-hybridized carbons (Fsp3) is 0.280. The standard InChI is InChI=1S/C25H22Cl2N4O2/c26-19-8-5-17(6-9-19)25-31-30-24(33-25)16-3-1-15(2-4-16)23(32)28-14-21-11-7-18-13-20(27)10-12-22(18)29-21/h5-13,15-16H,1-4,14H2,(H,28,32). The van der Waals surface area contributed by atoms with Gasteiger partial charge in [0.05, 0.1) is 17.8 Å². The Balaban J connectivity index is 1.14. The van der Waals surface area contributed by atoms with E-state index < -0.39 is 0 Å². The molecule has 8 heteroatoms. The molecule has 0 unspecified atom stereocenters.